The molecule has 0 unspecified atom stereocenters. The highest BCUT2D eigenvalue weighted by atomic mass is 32.2. The Kier molecular flexibility index (Phi) is 8.21. The number of ether oxygens (including phenoxy) is 1. The first kappa shape index (κ1) is 22.6. The van der Waals surface area contributed by atoms with Crippen LogP contribution in [0.3, 0.4) is 0 Å². The van der Waals surface area contributed by atoms with Gasteiger partial charge in [-0.1, -0.05) is 26.0 Å². The number of carbonyl (C=O) groups excluding carboxylic acids is 1. The van der Waals surface area contributed by atoms with E-state index in [1.807, 2.05) is 17.0 Å². The van der Waals surface area contributed by atoms with Crippen molar-refractivity contribution in [3.05, 3.63) is 29.8 Å². The van der Waals surface area contributed by atoms with E-state index in [1.54, 1.807) is 12.1 Å². The molecule has 0 spiro atoms. The Labute approximate surface area is 173 Å². The van der Waals surface area contributed by atoms with Crippen LogP contribution in [0.25, 0.3) is 0 Å². The van der Waals surface area contributed by atoms with Gasteiger partial charge in [-0.15, -0.1) is 0 Å². The fourth-order valence-corrected chi connectivity index (χ4v) is 4.65. The molecule has 9 heteroatoms. The third-order valence-corrected chi connectivity index (χ3v) is 7.09. The molecular weight excluding hydrogens is 398 g/mol. The molecular formula is C19H29N3O4S2. The Hall–Kier alpha value is -1.71. The molecule has 0 bridgehead atoms. The van der Waals surface area contributed by atoms with Gasteiger partial charge < -0.3 is 15.0 Å². The van der Waals surface area contributed by atoms with Gasteiger partial charge in [0.15, 0.2) is 5.11 Å². The number of esters is 1. The molecule has 1 aromatic rings. The van der Waals surface area contributed by atoms with Crippen LogP contribution in [0.2, 0.25) is 0 Å². The average Bonchev–Trinajstić information content (AvgIpc) is 2.70. The van der Waals surface area contributed by atoms with Crippen molar-refractivity contribution in [2.24, 2.45) is 0 Å². The number of nitrogens with one attached hydrogen (secondary N) is 1. The Morgan fingerprint density at radius 2 is 1.79 bits per heavy atom. The van der Waals surface area contributed by atoms with Crippen molar-refractivity contribution in [3.8, 4) is 0 Å². The molecule has 1 N–H and O–H groups in total. The zero-order valence-electron chi connectivity index (χ0n) is 16.7. The third kappa shape index (κ3) is 5.89. The van der Waals surface area contributed by atoms with Gasteiger partial charge in [-0.25, -0.2) is 8.42 Å². The fourth-order valence-electron chi connectivity index (χ4n) is 2.95. The molecule has 0 radical (unpaired) electrons. The number of hydrogen-bond donors (Lipinski definition) is 1. The van der Waals surface area contributed by atoms with Crippen LogP contribution < -0.4 is 5.32 Å². The Balaban J connectivity index is 1.85. The molecule has 28 heavy (non-hydrogen) atoms. The van der Waals surface area contributed by atoms with Crippen LogP contribution in [-0.4, -0.2) is 68.5 Å². The molecule has 156 valence electrons. The molecule has 1 aliphatic rings. The Morgan fingerprint density at radius 1 is 1.18 bits per heavy atom. The molecule has 0 aromatic heterocycles. The van der Waals surface area contributed by atoms with E-state index in [-0.39, 0.29) is 5.97 Å². The smallest absolute Gasteiger partial charge is 0.305 e. The SMILES string of the molecule is COC(=O)CCCNC(=S)N1CCN(S(=O)(=O)c2ccc(C(C)C)cc2)CC1. The van der Waals surface area contributed by atoms with Crippen molar-refractivity contribution in [1.82, 2.24) is 14.5 Å². The largest absolute Gasteiger partial charge is 0.469 e. The lowest BCUT2D eigenvalue weighted by Crippen LogP contribution is -2.53. The summed E-state index contributed by atoms with van der Waals surface area (Å²) in [6.45, 7) is 6.58. The van der Waals surface area contributed by atoms with Gasteiger partial charge in [-0.05, 0) is 42.3 Å². The van der Waals surface area contributed by atoms with Crippen molar-refractivity contribution in [2.45, 2.75) is 37.5 Å². The van der Waals surface area contributed by atoms with E-state index in [9.17, 15) is 13.2 Å². The first-order chi connectivity index (χ1) is 13.3. The van der Waals surface area contributed by atoms with Crippen molar-refractivity contribution in [3.63, 3.8) is 0 Å². The van der Waals surface area contributed by atoms with E-state index in [2.05, 4.69) is 23.9 Å². The molecule has 7 nitrogen and oxygen atoms in total. The van der Waals surface area contributed by atoms with E-state index >= 15 is 0 Å². The van der Waals surface area contributed by atoms with Gasteiger partial charge >= 0.3 is 5.97 Å². The molecule has 2 rings (SSSR count). The third-order valence-electron chi connectivity index (χ3n) is 4.77. The number of thiocarbonyl (C=S) groups is 1. The summed E-state index contributed by atoms with van der Waals surface area (Å²) in [7, 11) is -2.13. The minimum Gasteiger partial charge on any atom is -0.469 e. The van der Waals surface area contributed by atoms with Crippen LogP contribution in [0.5, 0.6) is 0 Å². The van der Waals surface area contributed by atoms with Crippen LogP contribution in [0.15, 0.2) is 29.2 Å². The summed E-state index contributed by atoms with van der Waals surface area (Å²) < 4.78 is 31.8. The first-order valence-electron chi connectivity index (χ1n) is 9.45. The van der Waals surface area contributed by atoms with Crippen LogP contribution in [0, 0.1) is 0 Å². The number of rotatable bonds is 7. The summed E-state index contributed by atoms with van der Waals surface area (Å²) in [5.41, 5.74) is 1.12. The molecule has 1 aromatic carbocycles. The molecule has 1 heterocycles. The topological polar surface area (TPSA) is 79.0 Å². The predicted molar refractivity (Wildman–Crippen MR) is 113 cm³/mol. The highest BCUT2D eigenvalue weighted by Crippen LogP contribution is 2.21. The molecule has 0 aliphatic carbocycles. The number of benzene rings is 1. The number of methoxy groups -OCH3 is 1. The van der Waals surface area contributed by atoms with Gasteiger partial charge in [-0.2, -0.15) is 4.31 Å². The maximum atomic E-state index is 12.9. The first-order valence-corrected chi connectivity index (χ1v) is 11.3. The second kappa shape index (κ2) is 10.2. The van der Waals surface area contributed by atoms with Crippen molar-refractivity contribution >= 4 is 33.3 Å². The summed E-state index contributed by atoms with van der Waals surface area (Å²) in [4.78, 5) is 13.4. The lowest BCUT2D eigenvalue weighted by atomic mass is 10.0. The van der Waals surface area contributed by atoms with Crippen LogP contribution in [-0.2, 0) is 19.6 Å². The average molecular weight is 428 g/mol. The van der Waals surface area contributed by atoms with Crippen molar-refractivity contribution < 1.29 is 17.9 Å². The molecule has 1 fully saturated rings. The van der Waals surface area contributed by atoms with Gasteiger partial charge in [0, 0.05) is 39.1 Å². The molecule has 1 aliphatic heterocycles. The van der Waals surface area contributed by atoms with Gasteiger partial charge in [0.1, 0.15) is 0 Å². The van der Waals surface area contributed by atoms with Crippen LogP contribution in [0.1, 0.15) is 38.2 Å². The molecule has 0 atom stereocenters. The monoisotopic (exact) mass is 427 g/mol. The van der Waals surface area contributed by atoms with E-state index in [1.165, 1.54) is 11.4 Å². The van der Waals surface area contributed by atoms with Gasteiger partial charge in [-0.3, -0.25) is 4.79 Å². The predicted octanol–water partition coefficient (Wildman–Crippen LogP) is 1.94. The lowest BCUT2D eigenvalue weighted by molar-refractivity contribution is -0.140. The fraction of sp³-hybridized carbons (Fsp3) is 0.579. The number of hydrogen-bond acceptors (Lipinski definition) is 5. The number of nitrogens with zero attached hydrogens (tertiary/aromatic N) is 2. The van der Waals surface area contributed by atoms with Gasteiger partial charge in [0.2, 0.25) is 10.0 Å². The summed E-state index contributed by atoms with van der Waals surface area (Å²) >= 11 is 5.38. The van der Waals surface area contributed by atoms with Gasteiger partial charge in [0.05, 0.1) is 12.0 Å². The number of carbonyl (C=O) groups is 1. The van der Waals surface area contributed by atoms with Crippen LogP contribution in [0.4, 0.5) is 0 Å². The molecule has 0 saturated carbocycles. The quantitative estimate of drug-likeness (QED) is 0.405. The summed E-state index contributed by atoms with van der Waals surface area (Å²) in [5, 5.41) is 3.70. The van der Waals surface area contributed by atoms with E-state index < -0.39 is 10.0 Å². The zero-order valence-corrected chi connectivity index (χ0v) is 18.3. The lowest BCUT2D eigenvalue weighted by Gasteiger charge is -2.35. The van der Waals surface area contributed by atoms with E-state index in [0.29, 0.717) is 61.5 Å². The number of sulfonamides is 1. The van der Waals surface area contributed by atoms with Gasteiger partial charge in [0.25, 0.3) is 0 Å². The maximum absolute atomic E-state index is 12.9. The summed E-state index contributed by atoms with van der Waals surface area (Å²) in [6.07, 6.45) is 0.973. The Bertz CT molecular complexity index is 771. The molecule has 1 saturated heterocycles. The van der Waals surface area contributed by atoms with Crippen molar-refractivity contribution in [1.29, 1.82) is 0 Å². The second-order valence-electron chi connectivity index (χ2n) is 7.03. The van der Waals surface area contributed by atoms with Crippen LogP contribution >= 0.6 is 12.2 Å². The summed E-state index contributed by atoms with van der Waals surface area (Å²) in [6, 6.07) is 7.12. The minimum atomic E-state index is -3.50. The maximum Gasteiger partial charge on any atom is 0.305 e. The van der Waals surface area contributed by atoms with E-state index in [4.69, 9.17) is 12.2 Å². The Morgan fingerprint density at radius 3 is 2.32 bits per heavy atom. The normalized spacial score (nSPS) is 15.5. The minimum absolute atomic E-state index is 0.243. The highest BCUT2D eigenvalue weighted by molar-refractivity contribution is 7.89. The van der Waals surface area contributed by atoms with Crippen molar-refractivity contribution in [2.75, 3.05) is 39.8 Å². The second-order valence-corrected chi connectivity index (χ2v) is 9.35. The number of piperazine rings is 1. The van der Waals surface area contributed by atoms with E-state index in [0.717, 1.165) is 5.56 Å². The highest BCUT2D eigenvalue weighted by Gasteiger charge is 2.29. The molecule has 0 amide bonds. The standard InChI is InChI=1S/C19H29N3O4S2/c1-15(2)16-6-8-17(9-7-16)28(24,25)22-13-11-21(12-14-22)19(27)20-10-4-5-18(23)26-3/h6-9,15H,4-5,10-14H2,1-3H3,(H,20,27). The summed E-state index contributed by atoms with van der Waals surface area (Å²) in [5.74, 6) is 0.120. The zero-order chi connectivity index (χ0) is 20.7.